The number of nitrogens with two attached hydrogens (primary N) is 1. The maximum atomic E-state index is 12.5. The van der Waals surface area contributed by atoms with Crippen molar-refractivity contribution in [3.05, 3.63) is 46.2 Å². The molecule has 0 amide bonds. The molecular formula is C12H13F3N4S. The van der Waals surface area contributed by atoms with Gasteiger partial charge in [0.2, 0.25) is 0 Å². The second-order valence-corrected chi connectivity index (χ2v) is 5.25. The fraction of sp³-hybridized carbons (Fsp3) is 0.333. The maximum absolute atomic E-state index is 12.5. The molecule has 2 aromatic rings. The number of nitrogens with zero attached hydrogens (tertiary/aromatic N) is 2. The monoisotopic (exact) mass is 302 g/mol. The van der Waals surface area contributed by atoms with E-state index in [9.17, 15) is 13.2 Å². The zero-order chi connectivity index (χ0) is 14.6. The molecule has 0 bridgehead atoms. The van der Waals surface area contributed by atoms with E-state index < -0.39 is 11.2 Å². The average Bonchev–Trinajstić information content (AvgIpc) is 2.90. The van der Waals surface area contributed by atoms with E-state index >= 15 is 0 Å². The van der Waals surface area contributed by atoms with Crippen LogP contribution in [0, 0.1) is 0 Å². The van der Waals surface area contributed by atoms with Gasteiger partial charge in [-0.2, -0.15) is 13.2 Å². The highest BCUT2D eigenvalue weighted by Crippen LogP contribution is 2.35. The Bertz CT molecular complexity index is 541. The van der Waals surface area contributed by atoms with E-state index in [0.29, 0.717) is 29.1 Å². The Labute approximate surface area is 117 Å². The van der Waals surface area contributed by atoms with Crippen molar-refractivity contribution in [1.29, 1.82) is 0 Å². The molecular weight excluding hydrogens is 289 g/mol. The van der Waals surface area contributed by atoms with E-state index in [1.54, 1.807) is 12.4 Å². The Morgan fingerprint density at radius 3 is 2.70 bits per heavy atom. The minimum absolute atomic E-state index is 0.358. The van der Waals surface area contributed by atoms with E-state index in [-0.39, 0.29) is 6.04 Å². The highest BCUT2D eigenvalue weighted by Gasteiger charge is 2.35. The summed E-state index contributed by atoms with van der Waals surface area (Å²) in [6, 6.07) is 3.37. The fourth-order valence-corrected chi connectivity index (χ4v) is 2.62. The molecule has 2 heterocycles. The normalized spacial score (nSPS) is 13.4. The Kier molecular flexibility index (Phi) is 4.69. The summed E-state index contributed by atoms with van der Waals surface area (Å²) in [5.74, 6) is 5.42. The second kappa shape index (κ2) is 6.29. The number of pyridine rings is 1. The first kappa shape index (κ1) is 14.9. The van der Waals surface area contributed by atoms with Crippen molar-refractivity contribution >= 4 is 11.3 Å². The third-order valence-corrected chi connectivity index (χ3v) is 3.91. The minimum atomic E-state index is -4.41. The van der Waals surface area contributed by atoms with Crippen LogP contribution in [-0.2, 0) is 12.6 Å². The number of hydrogen-bond donors (Lipinski definition) is 2. The molecule has 108 valence electrons. The van der Waals surface area contributed by atoms with E-state index in [2.05, 4.69) is 15.4 Å². The molecule has 0 aliphatic heterocycles. The number of nitrogens with one attached hydrogen (secondary N) is 1. The lowest BCUT2D eigenvalue weighted by Crippen LogP contribution is -2.27. The van der Waals surface area contributed by atoms with Crippen molar-refractivity contribution in [2.75, 3.05) is 0 Å². The van der Waals surface area contributed by atoms with E-state index in [1.165, 1.54) is 6.20 Å². The van der Waals surface area contributed by atoms with Crippen LogP contribution in [0.2, 0.25) is 0 Å². The number of alkyl halides is 3. The molecule has 0 fully saturated rings. The van der Waals surface area contributed by atoms with Crippen molar-refractivity contribution in [1.82, 2.24) is 15.4 Å². The summed E-state index contributed by atoms with van der Waals surface area (Å²) in [5.41, 5.74) is 3.54. The molecule has 4 nitrogen and oxygen atoms in total. The molecule has 0 aromatic carbocycles. The third-order valence-electron chi connectivity index (χ3n) is 2.76. The van der Waals surface area contributed by atoms with Crippen LogP contribution in [0.5, 0.6) is 0 Å². The lowest BCUT2D eigenvalue weighted by Gasteiger charge is -2.13. The largest absolute Gasteiger partial charge is 0.443 e. The predicted molar refractivity (Wildman–Crippen MR) is 69.7 cm³/mol. The summed E-state index contributed by atoms with van der Waals surface area (Å²) < 4.78 is 37.5. The summed E-state index contributed by atoms with van der Waals surface area (Å²) in [6.07, 6.45) is 1.44. The van der Waals surface area contributed by atoms with Crippen LogP contribution in [0.25, 0.3) is 0 Å². The van der Waals surface area contributed by atoms with E-state index in [1.807, 2.05) is 12.1 Å². The smallest absolute Gasteiger partial charge is 0.271 e. The number of rotatable bonds is 5. The third kappa shape index (κ3) is 3.75. The van der Waals surface area contributed by atoms with Crippen LogP contribution in [0.4, 0.5) is 13.2 Å². The number of aryl methyl sites for hydroxylation is 1. The van der Waals surface area contributed by atoms with Crippen LogP contribution < -0.4 is 11.3 Å². The van der Waals surface area contributed by atoms with Crippen molar-refractivity contribution in [2.24, 2.45) is 5.84 Å². The molecule has 0 aliphatic carbocycles. The van der Waals surface area contributed by atoms with Gasteiger partial charge in [0.15, 0.2) is 5.01 Å². The van der Waals surface area contributed by atoms with E-state index in [0.717, 1.165) is 5.56 Å². The summed E-state index contributed by atoms with van der Waals surface area (Å²) in [4.78, 5) is 7.86. The van der Waals surface area contributed by atoms with Crippen LogP contribution in [0.3, 0.4) is 0 Å². The van der Waals surface area contributed by atoms with Crippen LogP contribution in [0.15, 0.2) is 30.7 Å². The lowest BCUT2D eigenvalue weighted by atomic mass is 10.1. The molecule has 2 rings (SSSR count). The number of aromatic nitrogens is 2. The average molecular weight is 302 g/mol. The van der Waals surface area contributed by atoms with Gasteiger partial charge in [-0.15, -0.1) is 11.3 Å². The maximum Gasteiger partial charge on any atom is 0.443 e. The first-order chi connectivity index (χ1) is 9.50. The first-order valence-corrected chi connectivity index (χ1v) is 6.70. The Hall–Kier alpha value is -1.51. The van der Waals surface area contributed by atoms with Crippen LogP contribution in [0.1, 0.15) is 27.9 Å². The summed E-state index contributed by atoms with van der Waals surface area (Å²) in [7, 11) is 0. The quantitative estimate of drug-likeness (QED) is 0.658. The Morgan fingerprint density at radius 1 is 1.35 bits per heavy atom. The van der Waals surface area contributed by atoms with Crippen LogP contribution >= 0.6 is 11.3 Å². The zero-order valence-corrected chi connectivity index (χ0v) is 11.2. The SMILES string of the molecule is NNC(CCc1cccnc1)c1cnc(C(F)(F)F)s1. The van der Waals surface area contributed by atoms with Gasteiger partial charge >= 0.3 is 6.18 Å². The van der Waals surface area contributed by atoms with Gasteiger partial charge in [-0.1, -0.05) is 6.07 Å². The number of hydrazine groups is 1. The molecule has 0 saturated heterocycles. The van der Waals surface area contributed by atoms with Crippen LogP contribution in [-0.4, -0.2) is 9.97 Å². The van der Waals surface area contributed by atoms with Gasteiger partial charge in [-0.05, 0) is 24.5 Å². The van der Waals surface area contributed by atoms with Gasteiger partial charge in [0.1, 0.15) is 0 Å². The van der Waals surface area contributed by atoms with E-state index in [4.69, 9.17) is 5.84 Å². The van der Waals surface area contributed by atoms with Gasteiger partial charge in [-0.3, -0.25) is 16.3 Å². The van der Waals surface area contributed by atoms with Crippen molar-refractivity contribution in [3.8, 4) is 0 Å². The molecule has 0 radical (unpaired) electrons. The zero-order valence-electron chi connectivity index (χ0n) is 10.4. The fourth-order valence-electron chi connectivity index (χ4n) is 1.74. The Balaban J connectivity index is 2.03. The molecule has 3 N–H and O–H groups in total. The molecule has 0 aliphatic rings. The number of halogens is 3. The Morgan fingerprint density at radius 2 is 2.15 bits per heavy atom. The van der Waals surface area contributed by atoms with Gasteiger partial charge in [-0.25, -0.2) is 4.98 Å². The first-order valence-electron chi connectivity index (χ1n) is 5.88. The summed E-state index contributed by atoms with van der Waals surface area (Å²) in [5, 5.41) is -0.853. The van der Waals surface area contributed by atoms with Gasteiger partial charge in [0, 0.05) is 23.5 Å². The van der Waals surface area contributed by atoms with Crippen molar-refractivity contribution in [2.45, 2.75) is 25.1 Å². The van der Waals surface area contributed by atoms with Crippen molar-refractivity contribution in [3.63, 3.8) is 0 Å². The highest BCUT2D eigenvalue weighted by molar-refractivity contribution is 7.11. The van der Waals surface area contributed by atoms with Gasteiger partial charge < -0.3 is 0 Å². The molecule has 0 spiro atoms. The summed E-state index contributed by atoms with van der Waals surface area (Å²) in [6.45, 7) is 0. The molecule has 8 heteroatoms. The van der Waals surface area contributed by atoms with Crippen molar-refractivity contribution < 1.29 is 13.2 Å². The second-order valence-electron chi connectivity index (χ2n) is 4.18. The standard InChI is InChI=1S/C12H13F3N4S/c13-12(14,15)11-18-7-10(20-11)9(19-16)4-3-8-2-1-5-17-6-8/h1-2,5-7,9,19H,3-4,16H2. The predicted octanol–water partition coefficient (Wildman–Crippen LogP) is 2.69. The number of hydrogen-bond acceptors (Lipinski definition) is 5. The molecule has 2 aromatic heterocycles. The van der Waals surface area contributed by atoms with Gasteiger partial charge in [0.25, 0.3) is 0 Å². The number of thiazole rings is 1. The molecule has 0 saturated carbocycles. The molecule has 1 atom stereocenters. The summed E-state index contributed by atoms with van der Waals surface area (Å²) >= 11 is 0.613. The minimum Gasteiger partial charge on any atom is -0.271 e. The topological polar surface area (TPSA) is 63.8 Å². The lowest BCUT2D eigenvalue weighted by molar-refractivity contribution is -0.137. The van der Waals surface area contributed by atoms with Gasteiger partial charge in [0.05, 0.1) is 6.04 Å². The molecule has 1 unspecified atom stereocenters. The highest BCUT2D eigenvalue weighted by atomic mass is 32.1. The molecule has 20 heavy (non-hydrogen) atoms.